The second kappa shape index (κ2) is 7.03. The fourth-order valence-electron chi connectivity index (χ4n) is 2.11. The number of thiophene rings is 1. The molecule has 1 aliphatic rings. The smallest absolute Gasteiger partial charge is 0.223 e. The Kier molecular flexibility index (Phi) is 5.36. The van der Waals surface area contributed by atoms with Gasteiger partial charge >= 0.3 is 0 Å². The number of ketones is 1. The first-order chi connectivity index (χ1) is 9.20. The van der Waals surface area contributed by atoms with Crippen LogP contribution in [0.15, 0.2) is 17.5 Å². The second-order valence-corrected chi connectivity index (χ2v) is 5.82. The van der Waals surface area contributed by atoms with Crippen LogP contribution in [0.5, 0.6) is 0 Å². The van der Waals surface area contributed by atoms with Gasteiger partial charge in [0.25, 0.3) is 0 Å². The van der Waals surface area contributed by atoms with E-state index in [0.717, 1.165) is 18.0 Å². The van der Waals surface area contributed by atoms with E-state index in [1.807, 2.05) is 22.4 Å². The van der Waals surface area contributed by atoms with Gasteiger partial charge in [-0.15, -0.1) is 22.9 Å². The van der Waals surface area contributed by atoms with Crippen LogP contribution in [-0.2, 0) is 4.79 Å². The molecule has 104 valence electrons. The van der Waals surface area contributed by atoms with E-state index in [2.05, 4.69) is 4.90 Å². The van der Waals surface area contributed by atoms with Crippen LogP contribution in [0, 0.1) is 0 Å². The Morgan fingerprint density at radius 1 is 1.26 bits per heavy atom. The second-order valence-electron chi connectivity index (χ2n) is 4.50. The van der Waals surface area contributed by atoms with E-state index in [-0.39, 0.29) is 11.7 Å². The Morgan fingerprint density at radius 2 is 2.00 bits per heavy atom. The van der Waals surface area contributed by atoms with Gasteiger partial charge in [-0.3, -0.25) is 14.5 Å². The number of carbonyl (C=O) groups is 2. The molecule has 1 aromatic rings. The van der Waals surface area contributed by atoms with Crippen LogP contribution in [0.3, 0.4) is 0 Å². The molecule has 2 heterocycles. The van der Waals surface area contributed by atoms with Crippen molar-refractivity contribution in [1.82, 2.24) is 9.80 Å². The first kappa shape index (κ1) is 14.5. The monoisotopic (exact) mass is 300 g/mol. The lowest BCUT2D eigenvalue weighted by Crippen LogP contribution is -2.49. The van der Waals surface area contributed by atoms with Gasteiger partial charge in [-0.05, 0) is 11.4 Å². The third kappa shape index (κ3) is 4.03. The zero-order valence-electron chi connectivity index (χ0n) is 10.7. The maximum atomic E-state index is 12.0. The molecule has 6 heteroatoms. The van der Waals surface area contributed by atoms with Crippen molar-refractivity contribution in [2.24, 2.45) is 0 Å². The summed E-state index contributed by atoms with van der Waals surface area (Å²) < 4.78 is 0. The summed E-state index contributed by atoms with van der Waals surface area (Å²) in [5.74, 6) is 0.644. The molecule has 0 saturated carbocycles. The summed E-state index contributed by atoms with van der Waals surface area (Å²) in [6.45, 7) is 3.33. The van der Waals surface area contributed by atoms with Crippen LogP contribution >= 0.6 is 22.9 Å². The predicted molar refractivity (Wildman–Crippen MR) is 77.0 cm³/mol. The van der Waals surface area contributed by atoms with Gasteiger partial charge in [0.05, 0.1) is 11.4 Å². The lowest BCUT2D eigenvalue weighted by molar-refractivity contribution is -0.132. The molecular weight excluding hydrogens is 284 g/mol. The molecule has 0 N–H and O–H groups in total. The van der Waals surface area contributed by atoms with Crippen LogP contribution in [0.1, 0.15) is 16.1 Å². The summed E-state index contributed by atoms with van der Waals surface area (Å²) in [5.41, 5.74) is 0. The number of carbonyl (C=O) groups excluding carboxylic acids is 2. The number of Topliss-reactive ketones (excluding diaryl/α,β-unsaturated/α-hetero) is 1. The van der Waals surface area contributed by atoms with Crippen LogP contribution < -0.4 is 0 Å². The molecule has 0 bridgehead atoms. The minimum atomic E-state index is 0.110. The summed E-state index contributed by atoms with van der Waals surface area (Å²) >= 11 is 7.05. The van der Waals surface area contributed by atoms with Gasteiger partial charge in [-0.25, -0.2) is 0 Å². The SMILES string of the molecule is O=C(CN1CCN(C(=O)CCCl)CC1)c1cccs1. The summed E-state index contributed by atoms with van der Waals surface area (Å²) in [7, 11) is 0. The van der Waals surface area contributed by atoms with Gasteiger partial charge < -0.3 is 4.90 Å². The predicted octanol–water partition coefficient (Wildman–Crippen LogP) is 1.70. The van der Waals surface area contributed by atoms with Crippen molar-refractivity contribution in [3.8, 4) is 0 Å². The lowest BCUT2D eigenvalue weighted by Gasteiger charge is -2.34. The third-order valence-corrected chi connectivity index (χ3v) is 4.30. The number of hydrogen-bond acceptors (Lipinski definition) is 4. The van der Waals surface area contributed by atoms with Gasteiger partial charge in [0.15, 0.2) is 5.78 Å². The number of piperazine rings is 1. The molecule has 0 atom stereocenters. The van der Waals surface area contributed by atoms with E-state index in [9.17, 15) is 9.59 Å². The Hall–Kier alpha value is -0.910. The van der Waals surface area contributed by atoms with E-state index in [1.54, 1.807) is 0 Å². The van der Waals surface area contributed by atoms with Gasteiger partial charge in [0.2, 0.25) is 5.91 Å². The Labute approximate surface area is 121 Å². The fraction of sp³-hybridized carbons (Fsp3) is 0.538. The minimum Gasteiger partial charge on any atom is -0.340 e. The highest BCUT2D eigenvalue weighted by Gasteiger charge is 2.22. The summed E-state index contributed by atoms with van der Waals surface area (Å²) in [6, 6.07) is 3.74. The van der Waals surface area contributed by atoms with Crippen LogP contribution in [0.4, 0.5) is 0 Å². The van der Waals surface area contributed by atoms with Crippen molar-refractivity contribution in [2.75, 3.05) is 38.6 Å². The Morgan fingerprint density at radius 3 is 2.58 bits per heavy atom. The lowest BCUT2D eigenvalue weighted by atomic mass is 10.2. The molecule has 0 radical (unpaired) electrons. The van der Waals surface area contributed by atoms with E-state index in [1.165, 1.54) is 11.3 Å². The Bertz CT molecular complexity index is 428. The molecule has 1 fully saturated rings. The van der Waals surface area contributed by atoms with E-state index in [0.29, 0.717) is 31.9 Å². The molecule has 1 aromatic heterocycles. The largest absolute Gasteiger partial charge is 0.340 e. The molecular formula is C13H17ClN2O2S. The first-order valence-electron chi connectivity index (χ1n) is 6.33. The minimum absolute atomic E-state index is 0.110. The van der Waals surface area contributed by atoms with Crippen molar-refractivity contribution < 1.29 is 9.59 Å². The average molecular weight is 301 g/mol. The topological polar surface area (TPSA) is 40.6 Å². The van der Waals surface area contributed by atoms with Crippen LogP contribution in [-0.4, -0.2) is 60.1 Å². The van der Waals surface area contributed by atoms with E-state index < -0.39 is 0 Å². The molecule has 19 heavy (non-hydrogen) atoms. The zero-order chi connectivity index (χ0) is 13.7. The Balaban J connectivity index is 1.77. The average Bonchev–Trinajstić information content (AvgIpc) is 2.94. The van der Waals surface area contributed by atoms with E-state index in [4.69, 9.17) is 11.6 Å². The number of hydrogen-bond donors (Lipinski definition) is 0. The van der Waals surface area contributed by atoms with Crippen LogP contribution in [0.2, 0.25) is 0 Å². The molecule has 1 aliphatic heterocycles. The molecule has 4 nitrogen and oxygen atoms in total. The molecule has 0 aromatic carbocycles. The number of amides is 1. The van der Waals surface area contributed by atoms with Crippen molar-refractivity contribution >= 4 is 34.6 Å². The number of halogens is 1. The zero-order valence-corrected chi connectivity index (χ0v) is 12.3. The summed E-state index contributed by atoms with van der Waals surface area (Å²) in [6.07, 6.45) is 0.398. The van der Waals surface area contributed by atoms with Gasteiger partial charge in [0.1, 0.15) is 0 Å². The summed E-state index contributed by atoms with van der Waals surface area (Å²) in [5, 5.41) is 1.91. The van der Waals surface area contributed by atoms with Gasteiger partial charge in [0, 0.05) is 38.5 Å². The number of alkyl halides is 1. The quantitative estimate of drug-likeness (QED) is 0.614. The van der Waals surface area contributed by atoms with Gasteiger partial charge in [-0.1, -0.05) is 6.07 Å². The number of rotatable bonds is 5. The highest BCUT2D eigenvalue weighted by Crippen LogP contribution is 2.11. The first-order valence-corrected chi connectivity index (χ1v) is 7.75. The number of nitrogens with zero attached hydrogens (tertiary/aromatic N) is 2. The van der Waals surface area contributed by atoms with Crippen molar-refractivity contribution in [1.29, 1.82) is 0 Å². The standard InChI is InChI=1S/C13H17ClN2O2S/c14-4-3-13(18)16-7-5-15(6-8-16)10-11(17)12-2-1-9-19-12/h1-2,9H,3-8,10H2. The highest BCUT2D eigenvalue weighted by atomic mass is 35.5. The van der Waals surface area contributed by atoms with Crippen molar-refractivity contribution in [3.63, 3.8) is 0 Å². The van der Waals surface area contributed by atoms with Crippen molar-refractivity contribution in [3.05, 3.63) is 22.4 Å². The molecule has 0 aliphatic carbocycles. The maximum Gasteiger partial charge on any atom is 0.223 e. The third-order valence-electron chi connectivity index (χ3n) is 3.20. The van der Waals surface area contributed by atoms with Crippen LogP contribution in [0.25, 0.3) is 0 Å². The van der Waals surface area contributed by atoms with Gasteiger partial charge in [-0.2, -0.15) is 0 Å². The fourth-order valence-corrected chi connectivity index (χ4v) is 2.93. The normalized spacial score (nSPS) is 16.6. The maximum absolute atomic E-state index is 12.0. The molecule has 0 spiro atoms. The molecule has 1 saturated heterocycles. The summed E-state index contributed by atoms with van der Waals surface area (Å²) in [4.78, 5) is 28.4. The van der Waals surface area contributed by atoms with Crippen molar-refractivity contribution in [2.45, 2.75) is 6.42 Å². The van der Waals surface area contributed by atoms with E-state index >= 15 is 0 Å². The molecule has 1 amide bonds. The molecule has 2 rings (SSSR count). The molecule has 0 unspecified atom stereocenters. The highest BCUT2D eigenvalue weighted by molar-refractivity contribution is 7.12.